The Morgan fingerprint density at radius 2 is 1.81 bits per heavy atom. The minimum absolute atomic E-state index is 0.313. The Morgan fingerprint density at radius 3 is 2.38 bits per heavy atom. The zero-order valence-electron chi connectivity index (χ0n) is 11.6. The average Bonchev–Trinajstić information content (AvgIpc) is 2.46. The van der Waals surface area contributed by atoms with Crippen molar-refractivity contribution in [2.45, 2.75) is 0 Å². The number of benzene rings is 2. The first-order valence-corrected chi connectivity index (χ1v) is 7.97. The van der Waals surface area contributed by atoms with E-state index in [9.17, 15) is 8.42 Å². The fourth-order valence-electron chi connectivity index (χ4n) is 1.72. The highest BCUT2D eigenvalue weighted by Crippen LogP contribution is 2.33. The van der Waals surface area contributed by atoms with E-state index in [-0.39, 0.29) is 0 Å². The first-order chi connectivity index (χ1) is 9.91. The van der Waals surface area contributed by atoms with Gasteiger partial charge in [0.15, 0.2) is 5.75 Å². The summed E-state index contributed by atoms with van der Waals surface area (Å²) in [5.74, 6) is 0.879. The molecule has 0 unspecified atom stereocenters. The molecule has 0 saturated carbocycles. The molecular formula is C15H14N2O3S. The summed E-state index contributed by atoms with van der Waals surface area (Å²) in [6.45, 7) is 0. The summed E-state index contributed by atoms with van der Waals surface area (Å²) < 4.78 is 30.2. The maximum atomic E-state index is 11.7. The molecule has 0 amide bonds. The summed E-state index contributed by atoms with van der Waals surface area (Å²) in [4.78, 5) is 0. The van der Waals surface area contributed by atoms with Gasteiger partial charge in [0.25, 0.3) is 0 Å². The molecule has 2 rings (SSSR count). The predicted molar refractivity (Wildman–Crippen MR) is 80.9 cm³/mol. The fraction of sp³-hybridized carbons (Fsp3) is 0.133. The van der Waals surface area contributed by atoms with Gasteiger partial charge in [-0.25, -0.2) is 8.42 Å². The Hall–Kier alpha value is -2.52. The Morgan fingerprint density at radius 1 is 1.14 bits per heavy atom. The van der Waals surface area contributed by atoms with E-state index < -0.39 is 10.0 Å². The lowest BCUT2D eigenvalue weighted by molar-refractivity contribution is 0.483. The van der Waals surface area contributed by atoms with Gasteiger partial charge in [0.05, 0.1) is 23.6 Å². The van der Waals surface area contributed by atoms with E-state index in [4.69, 9.17) is 10.00 Å². The number of sulfonamides is 1. The topological polar surface area (TPSA) is 70.4 Å². The number of nitrogens with zero attached hydrogens (tertiary/aromatic N) is 2. The van der Waals surface area contributed by atoms with Gasteiger partial charge in [-0.05, 0) is 24.3 Å². The number of hydrogen-bond donors (Lipinski definition) is 0. The maximum absolute atomic E-state index is 11.7. The van der Waals surface area contributed by atoms with E-state index in [0.29, 0.717) is 22.7 Å². The number of rotatable bonds is 4. The highest BCUT2D eigenvalue weighted by atomic mass is 32.2. The lowest BCUT2D eigenvalue weighted by Gasteiger charge is -2.20. The molecule has 2 aromatic rings. The van der Waals surface area contributed by atoms with Crippen molar-refractivity contribution in [3.8, 4) is 17.6 Å². The minimum atomic E-state index is -3.42. The molecule has 6 heteroatoms. The van der Waals surface area contributed by atoms with Crippen molar-refractivity contribution in [2.24, 2.45) is 0 Å². The van der Waals surface area contributed by atoms with Crippen LogP contribution in [0.25, 0.3) is 0 Å². The number of anilines is 1. The number of hydrogen-bond acceptors (Lipinski definition) is 4. The molecule has 0 radical (unpaired) electrons. The van der Waals surface area contributed by atoms with E-state index in [2.05, 4.69) is 0 Å². The maximum Gasteiger partial charge on any atom is 0.232 e. The summed E-state index contributed by atoms with van der Waals surface area (Å²) >= 11 is 0. The Kier molecular flexibility index (Phi) is 4.15. The van der Waals surface area contributed by atoms with E-state index in [1.54, 1.807) is 24.3 Å². The molecule has 0 aliphatic rings. The predicted octanol–water partition coefficient (Wildman–Crippen LogP) is 2.75. The second kappa shape index (κ2) is 5.85. The molecule has 0 spiro atoms. The monoisotopic (exact) mass is 302 g/mol. The van der Waals surface area contributed by atoms with Crippen LogP contribution in [0.1, 0.15) is 5.56 Å². The van der Waals surface area contributed by atoms with Crippen molar-refractivity contribution in [2.75, 3.05) is 17.6 Å². The van der Waals surface area contributed by atoms with Crippen molar-refractivity contribution in [1.29, 1.82) is 5.26 Å². The van der Waals surface area contributed by atoms with Gasteiger partial charge in [0.2, 0.25) is 10.0 Å². The van der Waals surface area contributed by atoms with Crippen LogP contribution in [0.4, 0.5) is 5.69 Å². The Balaban J connectivity index is 2.49. The fourth-order valence-corrected chi connectivity index (χ4v) is 2.23. The molecular weight excluding hydrogens is 288 g/mol. The smallest absolute Gasteiger partial charge is 0.232 e. The van der Waals surface area contributed by atoms with Gasteiger partial charge in [-0.15, -0.1) is 0 Å². The third kappa shape index (κ3) is 3.52. The molecule has 5 nitrogen and oxygen atoms in total. The number of ether oxygens (including phenoxy) is 1. The van der Waals surface area contributed by atoms with Crippen LogP contribution in [0, 0.1) is 11.3 Å². The molecule has 2 aromatic carbocycles. The largest absolute Gasteiger partial charge is 0.455 e. The van der Waals surface area contributed by atoms with Crippen LogP contribution in [-0.4, -0.2) is 21.7 Å². The SMILES string of the molecule is CN(c1ccc(C#N)cc1Oc1ccccc1)S(C)(=O)=O. The van der Waals surface area contributed by atoms with Crippen molar-refractivity contribution in [3.05, 3.63) is 54.1 Å². The number of nitriles is 1. The normalized spacial score (nSPS) is 10.7. The highest BCUT2D eigenvalue weighted by Gasteiger charge is 2.17. The Bertz CT molecular complexity index is 780. The lowest BCUT2D eigenvalue weighted by atomic mass is 10.2. The Labute approximate surface area is 124 Å². The lowest BCUT2D eigenvalue weighted by Crippen LogP contribution is -2.25. The summed E-state index contributed by atoms with van der Waals surface area (Å²) in [6.07, 6.45) is 1.11. The molecule has 0 saturated heterocycles. The van der Waals surface area contributed by atoms with E-state index in [1.807, 2.05) is 24.3 Å². The standard InChI is InChI=1S/C15H14N2O3S/c1-17(21(2,18)19)14-9-8-12(11-16)10-15(14)20-13-6-4-3-5-7-13/h3-10H,1-2H3. The van der Waals surface area contributed by atoms with Crippen molar-refractivity contribution < 1.29 is 13.2 Å². The molecule has 0 fully saturated rings. The first-order valence-electron chi connectivity index (χ1n) is 6.13. The first kappa shape index (κ1) is 14.9. The van der Waals surface area contributed by atoms with Crippen LogP contribution < -0.4 is 9.04 Å². The van der Waals surface area contributed by atoms with Crippen LogP contribution in [-0.2, 0) is 10.0 Å². The summed E-state index contributed by atoms with van der Waals surface area (Å²) in [5, 5.41) is 8.98. The van der Waals surface area contributed by atoms with Crippen LogP contribution in [0.15, 0.2) is 48.5 Å². The van der Waals surface area contributed by atoms with Crippen molar-refractivity contribution >= 4 is 15.7 Å². The second-order valence-corrected chi connectivity index (χ2v) is 6.45. The quantitative estimate of drug-likeness (QED) is 0.870. The summed E-state index contributed by atoms with van der Waals surface area (Å²) in [7, 11) is -1.98. The molecule has 0 aliphatic heterocycles. The molecule has 0 bridgehead atoms. The zero-order chi connectivity index (χ0) is 15.5. The van der Waals surface area contributed by atoms with E-state index >= 15 is 0 Å². The van der Waals surface area contributed by atoms with Crippen LogP contribution in [0.2, 0.25) is 0 Å². The molecule has 0 heterocycles. The summed E-state index contributed by atoms with van der Waals surface area (Å²) in [5.41, 5.74) is 0.770. The zero-order valence-corrected chi connectivity index (χ0v) is 12.5. The summed E-state index contributed by atoms with van der Waals surface area (Å²) in [6, 6.07) is 15.6. The van der Waals surface area contributed by atoms with Crippen LogP contribution >= 0.6 is 0 Å². The van der Waals surface area contributed by atoms with Gasteiger partial charge in [-0.1, -0.05) is 18.2 Å². The number of para-hydroxylation sites is 1. The third-order valence-electron chi connectivity index (χ3n) is 2.90. The molecule has 0 aromatic heterocycles. The van der Waals surface area contributed by atoms with E-state index in [0.717, 1.165) is 10.6 Å². The molecule has 21 heavy (non-hydrogen) atoms. The van der Waals surface area contributed by atoms with E-state index in [1.165, 1.54) is 13.1 Å². The molecule has 108 valence electrons. The minimum Gasteiger partial charge on any atom is -0.455 e. The molecule has 0 atom stereocenters. The van der Waals surface area contributed by atoms with Crippen molar-refractivity contribution in [1.82, 2.24) is 0 Å². The average molecular weight is 302 g/mol. The molecule has 0 N–H and O–H groups in total. The van der Waals surface area contributed by atoms with Crippen LogP contribution in [0.3, 0.4) is 0 Å². The third-order valence-corrected chi connectivity index (χ3v) is 4.09. The van der Waals surface area contributed by atoms with Gasteiger partial charge < -0.3 is 4.74 Å². The van der Waals surface area contributed by atoms with Gasteiger partial charge in [0, 0.05) is 13.1 Å². The van der Waals surface area contributed by atoms with Gasteiger partial charge in [0.1, 0.15) is 5.75 Å². The van der Waals surface area contributed by atoms with Gasteiger partial charge in [-0.3, -0.25) is 4.31 Å². The molecule has 0 aliphatic carbocycles. The van der Waals surface area contributed by atoms with Crippen LogP contribution in [0.5, 0.6) is 11.5 Å². The van der Waals surface area contributed by atoms with Crippen molar-refractivity contribution in [3.63, 3.8) is 0 Å². The highest BCUT2D eigenvalue weighted by molar-refractivity contribution is 7.92. The van der Waals surface area contributed by atoms with Gasteiger partial charge in [-0.2, -0.15) is 5.26 Å². The van der Waals surface area contributed by atoms with Gasteiger partial charge >= 0.3 is 0 Å². The second-order valence-electron chi connectivity index (χ2n) is 4.44.